The van der Waals surface area contributed by atoms with Crippen LogP contribution in [0.25, 0.3) is 10.9 Å². The van der Waals surface area contributed by atoms with Gasteiger partial charge in [0.15, 0.2) is 0 Å². The first kappa shape index (κ1) is 21.6. The Morgan fingerprint density at radius 1 is 1.20 bits per heavy atom. The van der Waals surface area contributed by atoms with Gasteiger partial charge in [0.25, 0.3) is 12.0 Å². The van der Waals surface area contributed by atoms with Gasteiger partial charge in [0, 0.05) is 24.4 Å². The van der Waals surface area contributed by atoms with Crippen LogP contribution in [0.5, 0.6) is 0 Å². The van der Waals surface area contributed by atoms with Gasteiger partial charge in [-0.3, -0.25) is 4.79 Å². The van der Waals surface area contributed by atoms with Crippen LogP contribution in [-0.2, 0) is 6.54 Å². The number of hydrogen-bond donors (Lipinski definition) is 1. The molecule has 3 aromatic rings. The van der Waals surface area contributed by atoms with Crippen molar-refractivity contribution in [2.75, 3.05) is 5.32 Å². The highest BCUT2D eigenvalue weighted by Gasteiger charge is 2.38. The molecule has 0 bridgehead atoms. The zero-order valence-corrected chi connectivity index (χ0v) is 15.8. The van der Waals surface area contributed by atoms with E-state index in [9.17, 15) is 31.1 Å². The smallest absolute Gasteiger partial charge is 0.365 e. The summed E-state index contributed by atoms with van der Waals surface area (Å²) in [5.41, 5.74) is -1.63. The number of pyridine rings is 1. The molecule has 0 aliphatic heterocycles. The summed E-state index contributed by atoms with van der Waals surface area (Å²) in [4.78, 5) is 20.3. The lowest BCUT2D eigenvalue weighted by Gasteiger charge is -2.19. The molecule has 0 saturated carbocycles. The standard InChI is InChI=1S/C19H16F6N4O/c1-9(19(23,24)25)29-8-13-14(6-15(29)30)27-10(2)28-18(13)26-7-11-4-3-5-12(16(11)20)17(21)22/h3-6,8-9,17H,7H2,1-2H3,(H,26,27,28). The third-order valence-electron chi connectivity index (χ3n) is 4.55. The van der Waals surface area contributed by atoms with Crippen LogP contribution < -0.4 is 10.9 Å². The fourth-order valence-corrected chi connectivity index (χ4v) is 2.91. The molecule has 1 unspecified atom stereocenters. The Labute approximate surface area is 166 Å². The average Bonchev–Trinajstić information content (AvgIpc) is 2.64. The van der Waals surface area contributed by atoms with Gasteiger partial charge >= 0.3 is 6.18 Å². The Balaban J connectivity index is 2.04. The minimum Gasteiger partial charge on any atom is -0.365 e. The van der Waals surface area contributed by atoms with Gasteiger partial charge < -0.3 is 9.88 Å². The Hall–Kier alpha value is -3.11. The summed E-state index contributed by atoms with van der Waals surface area (Å²) in [6.07, 6.45) is -6.68. The van der Waals surface area contributed by atoms with Crippen molar-refractivity contribution in [3.63, 3.8) is 0 Å². The highest BCUT2D eigenvalue weighted by Crippen LogP contribution is 2.30. The number of fused-ring (bicyclic) bond motifs is 1. The molecule has 0 amide bonds. The fourth-order valence-electron chi connectivity index (χ4n) is 2.91. The van der Waals surface area contributed by atoms with Crippen LogP contribution in [0, 0.1) is 12.7 Å². The average molecular weight is 430 g/mol. The SMILES string of the molecule is Cc1nc(NCc2cccc(C(F)F)c2F)c2cn(C(C)C(F)(F)F)c(=O)cc2n1. The number of rotatable bonds is 5. The van der Waals surface area contributed by atoms with Crippen LogP contribution in [0.4, 0.5) is 32.2 Å². The van der Waals surface area contributed by atoms with E-state index in [0.717, 1.165) is 25.3 Å². The molecule has 0 aliphatic rings. The van der Waals surface area contributed by atoms with Crippen LogP contribution in [0.15, 0.2) is 35.3 Å². The molecule has 160 valence electrons. The number of aromatic nitrogens is 3. The minimum absolute atomic E-state index is 0.0440. The van der Waals surface area contributed by atoms with Crippen LogP contribution >= 0.6 is 0 Å². The molecule has 1 N–H and O–H groups in total. The van der Waals surface area contributed by atoms with E-state index < -0.39 is 35.6 Å². The third kappa shape index (κ3) is 4.24. The molecule has 0 fully saturated rings. The predicted octanol–water partition coefficient (Wildman–Crippen LogP) is 4.91. The molecule has 2 aromatic heterocycles. The van der Waals surface area contributed by atoms with Gasteiger partial charge in [-0.2, -0.15) is 13.2 Å². The molecular weight excluding hydrogens is 414 g/mol. The molecule has 0 saturated heterocycles. The van der Waals surface area contributed by atoms with Crippen molar-refractivity contribution in [1.82, 2.24) is 14.5 Å². The molecule has 0 aliphatic carbocycles. The second-order valence-electron chi connectivity index (χ2n) is 6.63. The topological polar surface area (TPSA) is 59.8 Å². The number of benzene rings is 1. The van der Waals surface area contributed by atoms with Gasteiger partial charge in [-0.1, -0.05) is 18.2 Å². The third-order valence-corrected chi connectivity index (χ3v) is 4.55. The van der Waals surface area contributed by atoms with Gasteiger partial charge in [0.05, 0.1) is 16.5 Å². The van der Waals surface area contributed by atoms with Crippen LogP contribution in [0.1, 0.15) is 36.3 Å². The van der Waals surface area contributed by atoms with E-state index in [4.69, 9.17) is 0 Å². The summed E-state index contributed by atoms with van der Waals surface area (Å²) >= 11 is 0. The molecule has 0 spiro atoms. The van der Waals surface area contributed by atoms with Gasteiger partial charge in [-0.25, -0.2) is 23.1 Å². The molecule has 1 atom stereocenters. The van der Waals surface area contributed by atoms with Crippen molar-refractivity contribution < 1.29 is 26.3 Å². The number of aryl methyl sites for hydroxylation is 1. The molecule has 5 nitrogen and oxygen atoms in total. The van der Waals surface area contributed by atoms with E-state index in [1.807, 2.05) is 0 Å². The molecular formula is C19H16F6N4O. The normalized spacial score (nSPS) is 13.1. The van der Waals surface area contributed by atoms with E-state index in [2.05, 4.69) is 15.3 Å². The molecule has 2 heterocycles. The first-order valence-corrected chi connectivity index (χ1v) is 8.75. The molecule has 3 rings (SSSR count). The first-order chi connectivity index (χ1) is 14.0. The zero-order chi connectivity index (χ0) is 22.2. The minimum atomic E-state index is -4.66. The summed E-state index contributed by atoms with van der Waals surface area (Å²) < 4.78 is 79.8. The van der Waals surface area contributed by atoms with Crippen molar-refractivity contribution in [2.24, 2.45) is 0 Å². The van der Waals surface area contributed by atoms with Crippen molar-refractivity contribution in [2.45, 2.75) is 39.0 Å². The molecule has 11 heteroatoms. The zero-order valence-electron chi connectivity index (χ0n) is 15.8. The molecule has 30 heavy (non-hydrogen) atoms. The largest absolute Gasteiger partial charge is 0.408 e. The fraction of sp³-hybridized carbons (Fsp3) is 0.316. The van der Waals surface area contributed by atoms with E-state index in [1.165, 1.54) is 19.1 Å². The van der Waals surface area contributed by atoms with Crippen LogP contribution in [0.2, 0.25) is 0 Å². The number of hydrogen-bond acceptors (Lipinski definition) is 4. The first-order valence-electron chi connectivity index (χ1n) is 8.75. The van der Waals surface area contributed by atoms with Crippen molar-refractivity contribution in [3.05, 3.63) is 63.6 Å². The quantitative estimate of drug-likeness (QED) is 0.585. The Kier molecular flexibility index (Phi) is 5.73. The molecule has 0 radical (unpaired) electrons. The highest BCUT2D eigenvalue weighted by molar-refractivity contribution is 5.88. The summed E-state index contributed by atoms with van der Waals surface area (Å²) in [7, 11) is 0. The number of nitrogens with one attached hydrogen (secondary N) is 1. The lowest BCUT2D eigenvalue weighted by atomic mass is 10.1. The molecule has 1 aromatic carbocycles. The monoisotopic (exact) mass is 430 g/mol. The summed E-state index contributed by atoms with van der Waals surface area (Å²) in [5, 5.41) is 2.84. The Morgan fingerprint density at radius 3 is 2.53 bits per heavy atom. The number of nitrogens with zero attached hydrogens (tertiary/aromatic N) is 3. The lowest BCUT2D eigenvalue weighted by Crippen LogP contribution is -2.31. The van der Waals surface area contributed by atoms with Crippen LogP contribution in [0.3, 0.4) is 0 Å². The van der Waals surface area contributed by atoms with Gasteiger partial charge in [-0.05, 0) is 13.8 Å². The van der Waals surface area contributed by atoms with Gasteiger partial charge in [0.1, 0.15) is 23.5 Å². The second kappa shape index (κ2) is 7.96. The number of halogens is 6. The van der Waals surface area contributed by atoms with E-state index in [1.54, 1.807) is 0 Å². The lowest BCUT2D eigenvalue weighted by molar-refractivity contribution is -0.163. The van der Waals surface area contributed by atoms with Crippen molar-refractivity contribution in [3.8, 4) is 0 Å². The van der Waals surface area contributed by atoms with E-state index >= 15 is 0 Å². The maximum absolute atomic E-state index is 14.3. The second-order valence-corrected chi connectivity index (χ2v) is 6.63. The Morgan fingerprint density at radius 2 is 1.90 bits per heavy atom. The summed E-state index contributed by atoms with van der Waals surface area (Å²) in [5.74, 6) is -0.826. The van der Waals surface area contributed by atoms with Crippen molar-refractivity contribution >= 4 is 16.7 Å². The Bertz CT molecular complexity index is 1140. The number of anilines is 1. The maximum Gasteiger partial charge on any atom is 0.408 e. The maximum atomic E-state index is 14.3. The van der Waals surface area contributed by atoms with Gasteiger partial charge in [0.2, 0.25) is 0 Å². The van der Waals surface area contributed by atoms with Crippen LogP contribution in [-0.4, -0.2) is 20.7 Å². The summed E-state index contributed by atoms with van der Waals surface area (Å²) in [6, 6.07) is 2.39. The van der Waals surface area contributed by atoms with E-state index in [-0.39, 0.29) is 34.7 Å². The number of alkyl halides is 5. The van der Waals surface area contributed by atoms with E-state index in [0.29, 0.717) is 4.57 Å². The predicted molar refractivity (Wildman–Crippen MR) is 98.0 cm³/mol. The summed E-state index contributed by atoms with van der Waals surface area (Å²) in [6.45, 7) is 2.08. The highest BCUT2D eigenvalue weighted by atomic mass is 19.4. The van der Waals surface area contributed by atoms with Gasteiger partial charge in [-0.15, -0.1) is 0 Å². The van der Waals surface area contributed by atoms with Crippen molar-refractivity contribution in [1.29, 1.82) is 0 Å².